The van der Waals surface area contributed by atoms with E-state index in [9.17, 15) is 14.7 Å². The Morgan fingerprint density at radius 3 is 2.02 bits per heavy atom. The number of nitrogens with zero attached hydrogens (tertiary/aromatic N) is 4. The van der Waals surface area contributed by atoms with Gasteiger partial charge in [0.25, 0.3) is 11.8 Å². The van der Waals surface area contributed by atoms with E-state index < -0.39 is 12.3 Å². The van der Waals surface area contributed by atoms with Crippen LogP contribution < -0.4 is 23.8 Å². The number of aliphatic hydroxyl groups excluding tert-OH is 1. The topological polar surface area (TPSA) is 113 Å². The number of benzene rings is 2. The second-order valence-electron chi connectivity index (χ2n) is 13.4. The summed E-state index contributed by atoms with van der Waals surface area (Å²) in [6, 6.07) is 6.44. The number of hydrogen-bond donors (Lipinski definition) is 1. The Hall–Kier alpha value is -5.03. The standard InChI is InChI=1S/C40H48N4O7/c1-7-12-26-16-28-22-41-31-20-36(34(48-5)18-29(31)38(45)42(28)23-26)50-14-10-9-11-15-51-37-21-32-30(19-35(37)49-6)39(46)43-24-27(13-8-2)17-33(43)40(47)44(32)25(3)4/h7-8,12-13,18-25,28,33,40,47H,9-11,14-17H2,1-6H3/b12-7+,13-8+/t28-,33-,40?/m0/s1. The molecule has 4 aliphatic heterocycles. The summed E-state index contributed by atoms with van der Waals surface area (Å²) in [6.45, 7) is 8.79. The Labute approximate surface area is 300 Å². The fraction of sp³-hybridized carbons (Fsp3) is 0.425. The molecule has 51 heavy (non-hydrogen) atoms. The van der Waals surface area contributed by atoms with Crippen LogP contribution >= 0.6 is 0 Å². The lowest BCUT2D eigenvalue weighted by Gasteiger charge is -2.36. The number of carbonyl (C=O) groups excluding carboxylic acids is 2. The second-order valence-corrected chi connectivity index (χ2v) is 13.4. The average Bonchev–Trinajstić information content (AvgIpc) is 3.69. The predicted octanol–water partition coefficient (Wildman–Crippen LogP) is 6.94. The summed E-state index contributed by atoms with van der Waals surface area (Å²) < 4.78 is 23.6. The lowest BCUT2D eigenvalue weighted by molar-refractivity contribution is 0.0561. The summed E-state index contributed by atoms with van der Waals surface area (Å²) in [6.07, 6.45) is 16.2. The summed E-state index contributed by atoms with van der Waals surface area (Å²) >= 11 is 0. The molecule has 6 rings (SSSR count). The molecule has 0 saturated heterocycles. The molecule has 1 N–H and O–H groups in total. The van der Waals surface area contributed by atoms with Crippen molar-refractivity contribution in [3.8, 4) is 23.0 Å². The Morgan fingerprint density at radius 2 is 1.39 bits per heavy atom. The molecule has 0 radical (unpaired) electrons. The molecule has 0 spiro atoms. The molecular formula is C40H48N4O7. The number of rotatable bonds is 13. The third-order valence-electron chi connectivity index (χ3n) is 9.62. The predicted molar refractivity (Wildman–Crippen MR) is 198 cm³/mol. The maximum absolute atomic E-state index is 13.8. The van der Waals surface area contributed by atoms with Gasteiger partial charge >= 0.3 is 0 Å². The number of hydrogen-bond acceptors (Lipinski definition) is 9. The number of fused-ring (bicyclic) bond motifs is 4. The quantitative estimate of drug-likeness (QED) is 0.224. The summed E-state index contributed by atoms with van der Waals surface area (Å²) in [4.78, 5) is 37.2. The summed E-state index contributed by atoms with van der Waals surface area (Å²) in [5, 5.41) is 11.6. The van der Waals surface area contributed by atoms with Crippen LogP contribution in [0.3, 0.4) is 0 Å². The van der Waals surface area contributed by atoms with Crippen molar-refractivity contribution in [2.75, 3.05) is 32.3 Å². The lowest BCUT2D eigenvalue weighted by Crippen LogP contribution is -2.50. The number of carbonyl (C=O) groups is 2. The van der Waals surface area contributed by atoms with Gasteiger partial charge in [0.05, 0.1) is 62.0 Å². The van der Waals surface area contributed by atoms with Gasteiger partial charge in [0.1, 0.15) is 6.23 Å². The van der Waals surface area contributed by atoms with Crippen LogP contribution in [-0.2, 0) is 0 Å². The van der Waals surface area contributed by atoms with Crippen LogP contribution in [0.4, 0.5) is 11.4 Å². The fourth-order valence-electron chi connectivity index (χ4n) is 7.18. The van der Waals surface area contributed by atoms with Crippen molar-refractivity contribution >= 4 is 29.4 Å². The maximum Gasteiger partial charge on any atom is 0.260 e. The van der Waals surface area contributed by atoms with Crippen molar-refractivity contribution in [2.45, 2.75) is 84.2 Å². The van der Waals surface area contributed by atoms with Gasteiger partial charge in [0.2, 0.25) is 0 Å². The first-order valence-electron chi connectivity index (χ1n) is 17.7. The van der Waals surface area contributed by atoms with Crippen LogP contribution in [0.25, 0.3) is 0 Å². The van der Waals surface area contributed by atoms with Gasteiger partial charge in [-0.25, -0.2) is 0 Å². The molecule has 270 valence electrons. The second kappa shape index (κ2) is 15.5. The molecule has 0 saturated carbocycles. The zero-order valence-corrected chi connectivity index (χ0v) is 30.3. The number of amides is 2. The molecule has 0 aromatic heterocycles. The number of anilines is 1. The third-order valence-corrected chi connectivity index (χ3v) is 9.62. The van der Waals surface area contributed by atoms with Crippen LogP contribution in [0.15, 0.2) is 77.1 Å². The highest BCUT2D eigenvalue weighted by Crippen LogP contribution is 2.43. The molecule has 4 heterocycles. The summed E-state index contributed by atoms with van der Waals surface area (Å²) in [7, 11) is 3.12. The molecular weight excluding hydrogens is 648 g/mol. The molecule has 2 aromatic carbocycles. The number of aliphatic hydroxyl groups is 1. The van der Waals surface area contributed by atoms with Crippen molar-refractivity contribution < 1.29 is 33.6 Å². The minimum absolute atomic E-state index is 0.0741. The van der Waals surface area contributed by atoms with Gasteiger partial charge in [-0.2, -0.15) is 0 Å². The number of unbranched alkanes of at least 4 members (excludes halogenated alkanes) is 2. The van der Waals surface area contributed by atoms with Gasteiger partial charge in [-0.15, -0.1) is 0 Å². The van der Waals surface area contributed by atoms with Crippen LogP contribution in [0.1, 0.15) is 80.5 Å². The van der Waals surface area contributed by atoms with Crippen molar-refractivity contribution in [1.29, 1.82) is 0 Å². The Bertz CT molecular complexity index is 1810. The first-order valence-corrected chi connectivity index (χ1v) is 17.7. The normalized spacial score (nSPS) is 21.0. The lowest BCUT2D eigenvalue weighted by atomic mass is 10.1. The van der Waals surface area contributed by atoms with E-state index in [2.05, 4.69) is 4.99 Å². The van der Waals surface area contributed by atoms with Gasteiger partial charge < -0.3 is 38.8 Å². The molecule has 2 amide bonds. The van der Waals surface area contributed by atoms with Gasteiger partial charge in [0, 0.05) is 36.8 Å². The Balaban J connectivity index is 1.07. The van der Waals surface area contributed by atoms with Crippen molar-refractivity contribution in [2.24, 2.45) is 4.99 Å². The van der Waals surface area contributed by atoms with Gasteiger partial charge in [0.15, 0.2) is 23.0 Å². The number of aliphatic imine (C=N–C) groups is 1. The number of ether oxygens (including phenoxy) is 4. The van der Waals surface area contributed by atoms with Crippen molar-refractivity contribution in [1.82, 2.24) is 9.80 Å². The van der Waals surface area contributed by atoms with E-state index in [0.717, 1.165) is 36.8 Å². The van der Waals surface area contributed by atoms with Gasteiger partial charge in [-0.3, -0.25) is 14.6 Å². The smallest absolute Gasteiger partial charge is 0.260 e. The SMILES string of the molecule is C/C=C/C1=CN2C(=O)c3cc(OC)c(OCCCCCOc4cc5c(cc4OC)C(=O)N4C=C(/C=C/C)C[C@H]4C(O)N5C(C)C)cc3N=C[C@@H]2C1. The van der Waals surface area contributed by atoms with E-state index in [0.29, 0.717) is 65.1 Å². The monoisotopic (exact) mass is 696 g/mol. The van der Waals surface area contributed by atoms with E-state index >= 15 is 0 Å². The van der Waals surface area contributed by atoms with E-state index in [1.165, 1.54) is 0 Å². The molecule has 2 aromatic rings. The Morgan fingerprint density at radius 1 is 0.804 bits per heavy atom. The minimum atomic E-state index is -0.896. The van der Waals surface area contributed by atoms with Crippen LogP contribution in [0.2, 0.25) is 0 Å². The van der Waals surface area contributed by atoms with Crippen LogP contribution in [0, 0.1) is 0 Å². The van der Waals surface area contributed by atoms with E-state index in [1.54, 1.807) is 42.2 Å². The molecule has 1 unspecified atom stereocenters. The van der Waals surface area contributed by atoms with Gasteiger partial charge in [-0.1, -0.05) is 24.3 Å². The average molecular weight is 697 g/mol. The van der Waals surface area contributed by atoms with Crippen molar-refractivity contribution in [3.63, 3.8) is 0 Å². The highest BCUT2D eigenvalue weighted by atomic mass is 16.5. The molecule has 0 bridgehead atoms. The molecule has 11 nitrogen and oxygen atoms in total. The number of methoxy groups -OCH3 is 2. The highest BCUT2D eigenvalue weighted by Gasteiger charge is 2.43. The first-order chi connectivity index (χ1) is 24.7. The van der Waals surface area contributed by atoms with E-state index in [4.69, 9.17) is 18.9 Å². The van der Waals surface area contributed by atoms with Crippen molar-refractivity contribution in [3.05, 3.63) is 83.2 Å². The molecule has 0 fully saturated rings. The number of allylic oxidation sites excluding steroid dienone is 4. The Kier molecular flexibility index (Phi) is 10.9. The van der Waals surface area contributed by atoms with Gasteiger partial charge in [-0.05, 0) is 83.1 Å². The zero-order valence-electron chi connectivity index (χ0n) is 30.3. The highest BCUT2D eigenvalue weighted by molar-refractivity contribution is 6.04. The first kappa shape index (κ1) is 35.8. The molecule has 3 atom stereocenters. The fourth-order valence-corrected chi connectivity index (χ4v) is 7.18. The largest absolute Gasteiger partial charge is 0.493 e. The maximum atomic E-state index is 13.8. The molecule has 11 heteroatoms. The molecule has 4 aliphatic rings. The van der Waals surface area contributed by atoms with E-state index in [-0.39, 0.29) is 23.9 Å². The van der Waals surface area contributed by atoms with E-state index in [1.807, 2.05) is 81.6 Å². The minimum Gasteiger partial charge on any atom is -0.493 e. The zero-order chi connectivity index (χ0) is 36.2. The summed E-state index contributed by atoms with van der Waals surface area (Å²) in [5.74, 6) is 1.72. The summed E-state index contributed by atoms with van der Waals surface area (Å²) in [5.41, 5.74) is 4.22. The third kappa shape index (κ3) is 7.12. The van der Waals surface area contributed by atoms with Crippen LogP contribution in [0.5, 0.6) is 23.0 Å². The molecule has 0 aliphatic carbocycles. The van der Waals surface area contributed by atoms with Crippen LogP contribution in [-0.4, -0.2) is 84.7 Å².